The maximum atomic E-state index is 12.4. The van der Waals surface area contributed by atoms with E-state index in [0.29, 0.717) is 18.7 Å². The SMILES string of the molecule is CCCCCCCCCCC(=O)NCCN1CCN(C(=O)CCCCCCCCCC)CC1. The van der Waals surface area contributed by atoms with Crippen molar-refractivity contribution in [2.75, 3.05) is 39.3 Å². The zero-order valence-corrected chi connectivity index (χ0v) is 22.2. The molecule has 2 amide bonds. The number of carbonyl (C=O) groups excluding carboxylic acids is 2. The van der Waals surface area contributed by atoms with Crippen LogP contribution in [0.5, 0.6) is 0 Å². The fourth-order valence-corrected chi connectivity index (χ4v) is 4.65. The lowest BCUT2D eigenvalue weighted by molar-refractivity contribution is -0.133. The van der Waals surface area contributed by atoms with Gasteiger partial charge < -0.3 is 10.2 Å². The van der Waals surface area contributed by atoms with Crippen molar-refractivity contribution in [3.63, 3.8) is 0 Å². The third kappa shape index (κ3) is 17.1. The summed E-state index contributed by atoms with van der Waals surface area (Å²) in [6, 6.07) is 0. The van der Waals surface area contributed by atoms with Gasteiger partial charge in [0.1, 0.15) is 0 Å². The van der Waals surface area contributed by atoms with E-state index in [-0.39, 0.29) is 5.91 Å². The average Bonchev–Trinajstić information content (AvgIpc) is 2.82. The van der Waals surface area contributed by atoms with Crippen LogP contribution in [0.2, 0.25) is 0 Å². The van der Waals surface area contributed by atoms with Crippen LogP contribution in [0.25, 0.3) is 0 Å². The minimum absolute atomic E-state index is 0.195. The van der Waals surface area contributed by atoms with Crippen LogP contribution in [0.4, 0.5) is 0 Å². The Morgan fingerprint density at radius 2 is 1.06 bits per heavy atom. The first-order chi connectivity index (χ1) is 16.2. The highest BCUT2D eigenvalue weighted by atomic mass is 16.2. The highest BCUT2D eigenvalue weighted by molar-refractivity contribution is 5.76. The van der Waals surface area contributed by atoms with Crippen LogP contribution in [0.15, 0.2) is 0 Å². The molecular formula is C28H55N3O2. The van der Waals surface area contributed by atoms with Crippen molar-refractivity contribution in [2.24, 2.45) is 0 Å². The molecule has 0 radical (unpaired) electrons. The molecule has 0 unspecified atom stereocenters. The molecule has 0 aliphatic carbocycles. The number of hydrogen-bond acceptors (Lipinski definition) is 3. The summed E-state index contributed by atoms with van der Waals surface area (Å²) < 4.78 is 0. The fraction of sp³-hybridized carbons (Fsp3) is 0.929. The van der Waals surface area contributed by atoms with E-state index < -0.39 is 0 Å². The maximum Gasteiger partial charge on any atom is 0.222 e. The molecule has 1 fully saturated rings. The molecule has 1 N–H and O–H groups in total. The van der Waals surface area contributed by atoms with E-state index >= 15 is 0 Å². The van der Waals surface area contributed by atoms with E-state index in [1.165, 1.54) is 89.9 Å². The minimum atomic E-state index is 0.195. The summed E-state index contributed by atoms with van der Waals surface area (Å²) in [6.07, 6.45) is 21.7. The van der Waals surface area contributed by atoms with Crippen LogP contribution in [0, 0.1) is 0 Å². The number of unbranched alkanes of at least 4 members (excludes halogenated alkanes) is 14. The largest absolute Gasteiger partial charge is 0.355 e. The van der Waals surface area contributed by atoms with Gasteiger partial charge >= 0.3 is 0 Å². The molecule has 0 aromatic rings. The summed E-state index contributed by atoms with van der Waals surface area (Å²) in [4.78, 5) is 28.9. The molecule has 1 heterocycles. The number of piperazine rings is 1. The Bertz CT molecular complexity index is 473. The average molecular weight is 466 g/mol. The predicted molar refractivity (Wildman–Crippen MR) is 140 cm³/mol. The molecule has 1 rings (SSSR count). The molecular weight excluding hydrogens is 410 g/mol. The number of amides is 2. The Morgan fingerprint density at radius 1 is 0.606 bits per heavy atom. The first-order valence-electron chi connectivity index (χ1n) is 14.4. The van der Waals surface area contributed by atoms with Gasteiger partial charge in [-0.25, -0.2) is 0 Å². The van der Waals surface area contributed by atoms with Crippen LogP contribution < -0.4 is 5.32 Å². The van der Waals surface area contributed by atoms with E-state index in [1.54, 1.807) is 0 Å². The molecule has 0 bridgehead atoms. The Hall–Kier alpha value is -1.10. The van der Waals surface area contributed by atoms with Crippen molar-refractivity contribution >= 4 is 11.8 Å². The quantitative estimate of drug-likeness (QED) is 0.202. The van der Waals surface area contributed by atoms with Gasteiger partial charge in [0.05, 0.1) is 0 Å². The third-order valence-corrected chi connectivity index (χ3v) is 6.98. The van der Waals surface area contributed by atoms with Gasteiger partial charge in [0.2, 0.25) is 11.8 Å². The Kier molecular flexibility index (Phi) is 19.4. The maximum absolute atomic E-state index is 12.4. The zero-order valence-electron chi connectivity index (χ0n) is 22.2. The van der Waals surface area contributed by atoms with Gasteiger partial charge in [-0.05, 0) is 12.8 Å². The van der Waals surface area contributed by atoms with Gasteiger partial charge in [-0.15, -0.1) is 0 Å². The number of carbonyl (C=O) groups is 2. The second-order valence-electron chi connectivity index (χ2n) is 10.0. The van der Waals surface area contributed by atoms with Crippen LogP contribution in [-0.2, 0) is 9.59 Å². The number of nitrogens with one attached hydrogen (secondary N) is 1. The van der Waals surface area contributed by atoms with Crippen molar-refractivity contribution in [2.45, 2.75) is 129 Å². The Balaban J connectivity index is 1.94. The second-order valence-corrected chi connectivity index (χ2v) is 10.0. The molecule has 5 nitrogen and oxygen atoms in total. The smallest absolute Gasteiger partial charge is 0.222 e. The first kappa shape index (κ1) is 29.9. The van der Waals surface area contributed by atoms with Crippen molar-refractivity contribution in [1.29, 1.82) is 0 Å². The third-order valence-electron chi connectivity index (χ3n) is 6.98. The highest BCUT2D eigenvalue weighted by Gasteiger charge is 2.20. The van der Waals surface area contributed by atoms with Crippen LogP contribution in [0.3, 0.4) is 0 Å². The van der Waals surface area contributed by atoms with E-state index in [9.17, 15) is 9.59 Å². The molecule has 194 valence electrons. The van der Waals surface area contributed by atoms with Crippen molar-refractivity contribution in [3.8, 4) is 0 Å². The lowest BCUT2D eigenvalue weighted by atomic mass is 10.1. The Morgan fingerprint density at radius 3 is 1.58 bits per heavy atom. The lowest BCUT2D eigenvalue weighted by Gasteiger charge is -2.34. The number of hydrogen-bond donors (Lipinski definition) is 1. The Labute approximate surface area is 205 Å². The van der Waals surface area contributed by atoms with Crippen LogP contribution in [-0.4, -0.2) is 60.9 Å². The van der Waals surface area contributed by atoms with E-state index in [2.05, 4.69) is 24.1 Å². The van der Waals surface area contributed by atoms with Crippen molar-refractivity contribution in [1.82, 2.24) is 15.1 Å². The summed E-state index contributed by atoms with van der Waals surface area (Å²) >= 11 is 0. The van der Waals surface area contributed by atoms with Gasteiger partial charge in [-0.1, -0.05) is 104 Å². The molecule has 1 saturated heterocycles. The minimum Gasteiger partial charge on any atom is -0.355 e. The highest BCUT2D eigenvalue weighted by Crippen LogP contribution is 2.12. The molecule has 0 aromatic carbocycles. The first-order valence-corrected chi connectivity index (χ1v) is 14.4. The summed E-state index contributed by atoms with van der Waals surface area (Å²) in [5.74, 6) is 0.527. The normalized spacial score (nSPS) is 14.5. The summed E-state index contributed by atoms with van der Waals surface area (Å²) in [5, 5.41) is 3.08. The van der Waals surface area contributed by atoms with E-state index in [4.69, 9.17) is 0 Å². The van der Waals surface area contributed by atoms with E-state index in [0.717, 1.165) is 52.1 Å². The van der Waals surface area contributed by atoms with Gasteiger partial charge in [-0.2, -0.15) is 0 Å². The molecule has 0 spiro atoms. The van der Waals surface area contributed by atoms with Gasteiger partial charge in [0.15, 0.2) is 0 Å². The summed E-state index contributed by atoms with van der Waals surface area (Å²) in [6.45, 7) is 9.64. The standard InChI is InChI=1S/C28H55N3O2/c1-3-5-7-9-11-13-15-17-19-27(32)29-21-22-30-23-25-31(26-24-30)28(33)20-18-16-14-12-10-8-6-4-2/h3-26H2,1-2H3,(H,29,32). The second kappa shape index (κ2) is 21.4. The predicted octanol–water partition coefficient (Wildman–Crippen LogP) is 6.31. The molecule has 1 aliphatic heterocycles. The molecule has 0 atom stereocenters. The van der Waals surface area contributed by atoms with Crippen molar-refractivity contribution in [3.05, 3.63) is 0 Å². The lowest BCUT2D eigenvalue weighted by Crippen LogP contribution is -2.50. The molecule has 0 aromatic heterocycles. The number of rotatable bonds is 21. The fourth-order valence-electron chi connectivity index (χ4n) is 4.65. The summed E-state index contributed by atoms with van der Waals surface area (Å²) in [5.41, 5.74) is 0. The molecule has 1 aliphatic rings. The molecule has 0 saturated carbocycles. The van der Waals surface area contributed by atoms with Gasteiger partial charge in [0, 0.05) is 52.1 Å². The molecule has 33 heavy (non-hydrogen) atoms. The van der Waals surface area contributed by atoms with Gasteiger partial charge in [0.25, 0.3) is 0 Å². The summed E-state index contributed by atoms with van der Waals surface area (Å²) in [7, 11) is 0. The van der Waals surface area contributed by atoms with Crippen LogP contribution >= 0.6 is 0 Å². The van der Waals surface area contributed by atoms with Crippen molar-refractivity contribution < 1.29 is 9.59 Å². The zero-order chi connectivity index (χ0) is 24.0. The van der Waals surface area contributed by atoms with Gasteiger partial charge in [-0.3, -0.25) is 14.5 Å². The molecule has 5 heteroatoms. The number of nitrogens with zero attached hydrogens (tertiary/aromatic N) is 2. The monoisotopic (exact) mass is 465 g/mol. The van der Waals surface area contributed by atoms with Crippen LogP contribution in [0.1, 0.15) is 129 Å². The van der Waals surface area contributed by atoms with E-state index in [1.807, 2.05) is 4.90 Å². The topological polar surface area (TPSA) is 52.7 Å².